The summed E-state index contributed by atoms with van der Waals surface area (Å²) in [5, 5.41) is 13.2. The van der Waals surface area contributed by atoms with E-state index in [2.05, 4.69) is 21.4 Å². The lowest BCUT2D eigenvalue weighted by molar-refractivity contribution is 0.197. The van der Waals surface area contributed by atoms with Gasteiger partial charge in [0, 0.05) is 24.2 Å². The second kappa shape index (κ2) is 6.37. The summed E-state index contributed by atoms with van der Waals surface area (Å²) in [4.78, 5) is 19.6. The summed E-state index contributed by atoms with van der Waals surface area (Å²) in [6.07, 6.45) is 5.04. The fourth-order valence-electron chi connectivity index (χ4n) is 2.90. The molecule has 1 aromatic carbocycles. The molecule has 0 atom stereocenters. The second-order valence-corrected chi connectivity index (χ2v) is 5.72. The molecule has 0 radical (unpaired) electrons. The van der Waals surface area contributed by atoms with Crippen LogP contribution in [0.15, 0.2) is 48.9 Å². The van der Waals surface area contributed by atoms with E-state index in [1.165, 1.54) is 22.7 Å². The summed E-state index contributed by atoms with van der Waals surface area (Å²) in [7, 11) is 0. The quantitative estimate of drug-likeness (QED) is 0.764. The van der Waals surface area contributed by atoms with Gasteiger partial charge in [0.05, 0.1) is 11.2 Å². The van der Waals surface area contributed by atoms with E-state index in [4.69, 9.17) is 9.84 Å². The van der Waals surface area contributed by atoms with Gasteiger partial charge in [0.15, 0.2) is 0 Å². The fraction of sp³-hybridized carbons (Fsp3) is 0.167. The minimum Gasteiger partial charge on any atom is -0.464 e. The van der Waals surface area contributed by atoms with Crippen LogP contribution < -0.4 is 10.1 Å². The van der Waals surface area contributed by atoms with Crippen LogP contribution >= 0.6 is 0 Å². The Morgan fingerprint density at radius 1 is 1.24 bits per heavy atom. The highest BCUT2D eigenvalue weighted by Gasteiger charge is 2.11. The van der Waals surface area contributed by atoms with E-state index in [1.54, 1.807) is 24.3 Å². The van der Waals surface area contributed by atoms with Gasteiger partial charge in [-0.3, -0.25) is 4.57 Å². The smallest absolute Gasteiger partial charge is 0.415 e. The fourth-order valence-corrected chi connectivity index (χ4v) is 2.90. The van der Waals surface area contributed by atoms with Crippen molar-refractivity contribution in [1.29, 1.82) is 0 Å². The van der Waals surface area contributed by atoms with Crippen molar-refractivity contribution in [2.24, 2.45) is 0 Å². The average Bonchev–Trinajstić information content (AvgIpc) is 3.06. The third-order valence-electron chi connectivity index (χ3n) is 4.13. The van der Waals surface area contributed by atoms with Crippen molar-refractivity contribution in [2.75, 3.05) is 13.1 Å². The molecule has 0 unspecified atom stereocenters. The van der Waals surface area contributed by atoms with Crippen molar-refractivity contribution in [1.82, 2.24) is 19.9 Å². The predicted molar refractivity (Wildman–Crippen MR) is 92.9 cm³/mol. The molecule has 1 aliphatic rings. The van der Waals surface area contributed by atoms with Crippen LogP contribution in [0.1, 0.15) is 12.1 Å². The average molecular weight is 336 g/mol. The van der Waals surface area contributed by atoms with Crippen LogP contribution in [0, 0.1) is 0 Å². The number of rotatable bonds is 3. The Balaban J connectivity index is 1.60. The van der Waals surface area contributed by atoms with Crippen molar-refractivity contribution in [3.63, 3.8) is 0 Å². The number of carbonyl (C=O) groups is 1. The minimum atomic E-state index is -1.01. The Kier molecular flexibility index (Phi) is 3.91. The van der Waals surface area contributed by atoms with E-state index < -0.39 is 6.09 Å². The van der Waals surface area contributed by atoms with E-state index in [0.29, 0.717) is 17.1 Å². The molecule has 3 aromatic rings. The molecule has 0 amide bonds. The van der Waals surface area contributed by atoms with Crippen LogP contribution in [-0.2, 0) is 0 Å². The van der Waals surface area contributed by atoms with Crippen LogP contribution in [0.4, 0.5) is 4.79 Å². The molecular weight excluding hydrogens is 320 g/mol. The molecule has 126 valence electrons. The molecular formula is C18H16N4O3. The highest BCUT2D eigenvalue weighted by atomic mass is 16.5. The second-order valence-electron chi connectivity index (χ2n) is 5.72. The maximum atomic E-state index is 11.1. The zero-order valence-corrected chi connectivity index (χ0v) is 13.3. The van der Waals surface area contributed by atoms with Gasteiger partial charge in [-0.15, -0.1) is 0 Å². The topological polar surface area (TPSA) is 89.3 Å². The van der Waals surface area contributed by atoms with Crippen LogP contribution in [0.2, 0.25) is 0 Å². The maximum Gasteiger partial charge on any atom is 0.415 e. The van der Waals surface area contributed by atoms with Crippen molar-refractivity contribution < 1.29 is 14.6 Å². The Morgan fingerprint density at radius 3 is 2.96 bits per heavy atom. The number of hydrogen-bond donors (Lipinski definition) is 2. The molecule has 1 aliphatic heterocycles. The summed E-state index contributed by atoms with van der Waals surface area (Å²) in [5.74, 6) is 1.06. The maximum absolute atomic E-state index is 11.1. The molecule has 0 aliphatic carbocycles. The first-order chi connectivity index (χ1) is 12.2. The molecule has 0 bridgehead atoms. The van der Waals surface area contributed by atoms with E-state index in [9.17, 15) is 4.79 Å². The monoisotopic (exact) mass is 336 g/mol. The molecule has 7 heteroatoms. The standard InChI is InChI=1S/C18H16N4O3/c23-18(24)22-8-5-13-9-14(1-2-16(13)22)25-17-10-15(20-11-21-17)12-3-6-19-7-4-12/h1-3,5,8-11,19H,4,6-7H2,(H,23,24). The molecule has 2 aromatic heterocycles. The zero-order chi connectivity index (χ0) is 17.2. The Hall–Kier alpha value is -3.19. The number of ether oxygens (including phenoxy) is 1. The number of aromatic nitrogens is 3. The molecule has 2 N–H and O–H groups in total. The highest BCUT2D eigenvalue weighted by molar-refractivity contribution is 5.89. The van der Waals surface area contributed by atoms with Gasteiger partial charge in [0.2, 0.25) is 5.88 Å². The van der Waals surface area contributed by atoms with Gasteiger partial charge >= 0.3 is 6.09 Å². The summed E-state index contributed by atoms with van der Waals surface area (Å²) in [6.45, 7) is 1.77. The summed E-state index contributed by atoms with van der Waals surface area (Å²) < 4.78 is 7.01. The van der Waals surface area contributed by atoms with Crippen LogP contribution in [0.25, 0.3) is 16.5 Å². The van der Waals surface area contributed by atoms with Gasteiger partial charge < -0.3 is 15.2 Å². The molecule has 7 nitrogen and oxygen atoms in total. The lowest BCUT2D eigenvalue weighted by Gasteiger charge is -2.13. The van der Waals surface area contributed by atoms with Crippen molar-refractivity contribution >= 4 is 22.6 Å². The van der Waals surface area contributed by atoms with Gasteiger partial charge in [0.25, 0.3) is 0 Å². The molecule has 0 spiro atoms. The van der Waals surface area contributed by atoms with E-state index in [-0.39, 0.29) is 0 Å². The van der Waals surface area contributed by atoms with Crippen molar-refractivity contribution in [2.45, 2.75) is 6.42 Å². The molecule has 4 rings (SSSR count). The van der Waals surface area contributed by atoms with Gasteiger partial charge in [-0.1, -0.05) is 6.08 Å². The number of fused-ring (bicyclic) bond motifs is 1. The first kappa shape index (κ1) is 15.3. The zero-order valence-electron chi connectivity index (χ0n) is 13.3. The number of nitrogens with one attached hydrogen (secondary N) is 1. The van der Waals surface area contributed by atoms with Gasteiger partial charge in [-0.25, -0.2) is 14.8 Å². The summed E-state index contributed by atoms with van der Waals surface area (Å²) >= 11 is 0. The third kappa shape index (κ3) is 3.09. The predicted octanol–water partition coefficient (Wildman–Crippen LogP) is 3.13. The van der Waals surface area contributed by atoms with Crippen LogP contribution in [-0.4, -0.2) is 38.8 Å². The lowest BCUT2D eigenvalue weighted by atomic mass is 10.1. The lowest BCUT2D eigenvalue weighted by Crippen LogP contribution is -2.20. The molecule has 3 heterocycles. The largest absolute Gasteiger partial charge is 0.464 e. The van der Waals surface area contributed by atoms with E-state index in [0.717, 1.165) is 30.6 Å². The Labute approximate surface area is 143 Å². The number of hydrogen-bond acceptors (Lipinski definition) is 5. The number of carboxylic acid groups (broad SMARTS) is 1. The van der Waals surface area contributed by atoms with Gasteiger partial charge in [-0.2, -0.15) is 0 Å². The Bertz CT molecular complexity index is 977. The van der Waals surface area contributed by atoms with E-state index >= 15 is 0 Å². The Morgan fingerprint density at radius 2 is 2.16 bits per heavy atom. The summed E-state index contributed by atoms with van der Waals surface area (Å²) in [5.41, 5.74) is 2.66. The highest BCUT2D eigenvalue weighted by Crippen LogP contribution is 2.27. The van der Waals surface area contributed by atoms with Gasteiger partial charge in [0.1, 0.15) is 12.1 Å². The first-order valence-electron chi connectivity index (χ1n) is 7.95. The van der Waals surface area contributed by atoms with E-state index in [1.807, 2.05) is 6.07 Å². The van der Waals surface area contributed by atoms with Crippen LogP contribution in [0.3, 0.4) is 0 Å². The van der Waals surface area contributed by atoms with Crippen molar-refractivity contribution in [3.05, 3.63) is 54.6 Å². The summed E-state index contributed by atoms with van der Waals surface area (Å²) in [6, 6.07) is 8.80. The molecule has 0 fully saturated rings. The molecule has 0 saturated heterocycles. The number of benzene rings is 1. The van der Waals surface area contributed by atoms with Gasteiger partial charge in [-0.05, 0) is 42.8 Å². The third-order valence-corrected chi connectivity index (χ3v) is 4.13. The molecule has 0 saturated carbocycles. The normalized spacial score (nSPS) is 14.3. The molecule has 25 heavy (non-hydrogen) atoms. The van der Waals surface area contributed by atoms with Crippen LogP contribution in [0.5, 0.6) is 11.6 Å². The number of nitrogens with zero attached hydrogens (tertiary/aromatic N) is 3. The minimum absolute atomic E-state index is 0.460. The SMILES string of the molecule is O=C(O)n1ccc2cc(Oc3cc(C4=CCNCC4)ncn3)ccc21. The first-order valence-corrected chi connectivity index (χ1v) is 7.95. The van der Waals surface area contributed by atoms with Crippen molar-refractivity contribution in [3.8, 4) is 11.6 Å².